The largest absolute Gasteiger partial charge is 0.356 e. The van der Waals surface area contributed by atoms with Crippen molar-refractivity contribution in [2.45, 2.75) is 33.2 Å². The van der Waals surface area contributed by atoms with E-state index in [2.05, 4.69) is 11.4 Å². The molecule has 0 saturated carbocycles. The zero-order valence-corrected chi connectivity index (χ0v) is 15.0. The number of amides is 2. The summed E-state index contributed by atoms with van der Waals surface area (Å²) >= 11 is 0. The van der Waals surface area contributed by atoms with E-state index in [0.29, 0.717) is 26.1 Å². The standard InChI is InChI=1S/C21H26N2O2/c1-17-7-6-10-20(15-17)16-23(18(2)24)14-12-21(25)22-13-11-19-8-4-3-5-9-19/h3-10,15H,11-14,16H2,1-2H3,(H,22,25). The van der Waals surface area contributed by atoms with Crippen molar-refractivity contribution in [1.29, 1.82) is 0 Å². The number of carbonyl (C=O) groups excluding carboxylic acids is 2. The molecule has 0 spiro atoms. The van der Waals surface area contributed by atoms with Crippen LogP contribution in [0, 0.1) is 6.92 Å². The number of nitrogens with zero attached hydrogens (tertiary/aromatic N) is 1. The summed E-state index contributed by atoms with van der Waals surface area (Å²) in [6.07, 6.45) is 1.13. The van der Waals surface area contributed by atoms with E-state index < -0.39 is 0 Å². The molecule has 132 valence electrons. The molecule has 2 rings (SSSR count). The first-order valence-corrected chi connectivity index (χ1v) is 8.66. The second kappa shape index (κ2) is 9.62. The van der Waals surface area contributed by atoms with E-state index >= 15 is 0 Å². The fourth-order valence-electron chi connectivity index (χ4n) is 2.69. The lowest BCUT2D eigenvalue weighted by atomic mass is 10.1. The smallest absolute Gasteiger partial charge is 0.221 e. The van der Waals surface area contributed by atoms with Gasteiger partial charge in [-0.05, 0) is 24.5 Å². The number of carbonyl (C=O) groups is 2. The maximum absolute atomic E-state index is 12.0. The summed E-state index contributed by atoms with van der Waals surface area (Å²) in [5.74, 6) is -0.0370. The van der Waals surface area contributed by atoms with Crippen LogP contribution >= 0.6 is 0 Å². The second-order valence-electron chi connectivity index (χ2n) is 6.27. The number of nitrogens with one attached hydrogen (secondary N) is 1. The Bertz CT molecular complexity index is 698. The summed E-state index contributed by atoms with van der Waals surface area (Å²) in [5.41, 5.74) is 3.45. The zero-order valence-electron chi connectivity index (χ0n) is 15.0. The average Bonchev–Trinajstić information content (AvgIpc) is 2.59. The van der Waals surface area contributed by atoms with Crippen molar-refractivity contribution in [2.24, 2.45) is 0 Å². The lowest BCUT2D eigenvalue weighted by Crippen LogP contribution is -2.34. The highest BCUT2D eigenvalue weighted by Crippen LogP contribution is 2.08. The van der Waals surface area contributed by atoms with Gasteiger partial charge < -0.3 is 10.2 Å². The van der Waals surface area contributed by atoms with E-state index in [1.807, 2.05) is 55.5 Å². The van der Waals surface area contributed by atoms with Crippen molar-refractivity contribution >= 4 is 11.8 Å². The first-order valence-electron chi connectivity index (χ1n) is 8.66. The summed E-state index contributed by atoms with van der Waals surface area (Å²) < 4.78 is 0. The van der Waals surface area contributed by atoms with Gasteiger partial charge in [-0.15, -0.1) is 0 Å². The Morgan fingerprint density at radius 2 is 1.72 bits per heavy atom. The molecule has 2 aromatic carbocycles. The van der Waals surface area contributed by atoms with Crippen molar-refractivity contribution in [3.05, 3.63) is 71.3 Å². The van der Waals surface area contributed by atoms with E-state index in [1.54, 1.807) is 11.8 Å². The molecule has 0 aliphatic rings. The molecule has 4 nitrogen and oxygen atoms in total. The normalized spacial score (nSPS) is 10.3. The van der Waals surface area contributed by atoms with Gasteiger partial charge in [-0.1, -0.05) is 60.2 Å². The molecule has 0 bridgehead atoms. The highest BCUT2D eigenvalue weighted by molar-refractivity contribution is 5.78. The predicted octanol–water partition coefficient (Wildman–Crippen LogP) is 3.09. The van der Waals surface area contributed by atoms with Crippen LogP contribution in [0.2, 0.25) is 0 Å². The third-order valence-corrected chi connectivity index (χ3v) is 4.09. The zero-order chi connectivity index (χ0) is 18.1. The van der Waals surface area contributed by atoms with Crippen LogP contribution in [-0.4, -0.2) is 29.8 Å². The van der Waals surface area contributed by atoms with Gasteiger partial charge in [-0.3, -0.25) is 9.59 Å². The van der Waals surface area contributed by atoms with Crippen LogP contribution in [0.4, 0.5) is 0 Å². The molecule has 4 heteroatoms. The number of hydrogen-bond donors (Lipinski definition) is 1. The SMILES string of the molecule is CC(=O)N(CCC(=O)NCCc1ccccc1)Cc1cccc(C)c1. The van der Waals surface area contributed by atoms with E-state index in [-0.39, 0.29) is 11.8 Å². The predicted molar refractivity (Wildman–Crippen MR) is 100 cm³/mol. The molecular weight excluding hydrogens is 312 g/mol. The lowest BCUT2D eigenvalue weighted by Gasteiger charge is -2.21. The Balaban J connectivity index is 1.76. The maximum atomic E-state index is 12.0. The van der Waals surface area contributed by atoms with Crippen molar-refractivity contribution < 1.29 is 9.59 Å². The summed E-state index contributed by atoms with van der Waals surface area (Å²) in [6, 6.07) is 18.1. The van der Waals surface area contributed by atoms with Crippen molar-refractivity contribution in [1.82, 2.24) is 10.2 Å². The number of aryl methyl sites for hydroxylation is 1. The summed E-state index contributed by atoms with van der Waals surface area (Å²) in [4.78, 5) is 25.6. The number of hydrogen-bond acceptors (Lipinski definition) is 2. The Morgan fingerprint density at radius 3 is 2.40 bits per heavy atom. The van der Waals surface area contributed by atoms with Crippen LogP contribution in [0.5, 0.6) is 0 Å². The molecule has 0 aliphatic heterocycles. The van der Waals surface area contributed by atoms with Crippen LogP contribution in [-0.2, 0) is 22.6 Å². The Labute approximate surface area is 149 Å². The Kier molecular flexibility index (Phi) is 7.20. The first-order chi connectivity index (χ1) is 12.0. The van der Waals surface area contributed by atoms with Gasteiger partial charge in [0, 0.05) is 33.0 Å². The molecule has 0 radical (unpaired) electrons. The number of rotatable bonds is 8. The van der Waals surface area contributed by atoms with Gasteiger partial charge in [0.05, 0.1) is 0 Å². The first kappa shape index (κ1) is 18.7. The molecule has 0 unspecified atom stereocenters. The van der Waals surface area contributed by atoms with Gasteiger partial charge in [0.2, 0.25) is 11.8 Å². The summed E-state index contributed by atoms with van der Waals surface area (Å²) in [7, 11) is 0. The molecule has 0 saturated heterocycles. The van der Waals surface area contributed by atoms with Gasteiger partial charge in [0.25, 0.3) is 0 Å². The molecule has 2 aromatic rings. The van der Waals surface area contributed by atoms with E-state index in [1.165, 1.54) is 11.1 Å². The van der Waals surface area contributed by atoms with Gasteiger partial charge in [0.1, 0.15) is 0 Å². The number of benzene rings is 2. The molecular formula is C21H26N2O2. The van der Waals surface area contributed by atoms with Crippen molar-refractivity contribution in [3.8, 4) is 0 Å². The molecule has 0 atom stereocenters. The monoisotopic (exact) mass is 338 g/mol. The molecule has 0 aliphatic carbocycles. The van der Waals surface area contributed by atoms with E-state index in [4.69, 9.17) is 0 Å². The molecule has 0 aromatic heterocycles. The molecule has 25 heavy (non-hydrogen) atoms. The van der Waals surface area contributed by atoms with Gasteiger partial charge in [-0.25, -0.2) is 0 Å². The van der Waals surface area contributed by atoms with Gasteiger partial charge in [-0.2, -0.15) is 0 Å². The maximum Gasteiger partial charge on any atom is 0.221 e. The van der Waals surface area contributed by atoms with Crippen LogP contribution in [0.25, 0.3) is 0 Å². The molecule has 0 heterocycles. The minimum atomic E-state index is -0.0218. The van der Waals surface area contributed by atoms with E-state index in [9.17, 15) is 9.59 Å². The van der Waals surface area contributed by atoms with Gasteiger partial charge in [0.15, 0.2) is 0 Å². The minimum Gasteiger partial charge on any atom is -0.356 e. The topological polar surface area (TPSA) is 49.4 Å². The molecule has 0 fully saturated rings. The van der Waals surface area contributed by atoms with E-state index in [0.717, 1.165) is 12.0 Å². The lowest BCUT2D eigenvalue weighted by molar-refractivity contribution is -0.130. The van der Waals surface area contributed by atoms with Crippen molar-refractivity contribution in [3.63, 3.8) is 0 Å². The Hall–Kier alpha value is -2.62. The highest BCUT2D eigenvalue weighted by atomic mass is 16.2. The van der Waals surface area contributed by atoms with Crippen LogP contribution in [0.15, 0.2) is 54.6 Å². The fourth-order valence-corrected chi connectivity index (χ4v) is 2.69. The summed E-state index contributed by atoms with van der Waals surface area (Å²) in [6.45, 7) is 5.15. The average molecular weight is 338 g/mol. The van der Waals surface area contributed by atoms with Crippen LogP contribution in [0.1, 0.15) is 30.0 Å². The Morgan fingerprint density at radius 1 is 1.00 bits per heavy atom. The second-order valence-corrected chi connectivity index (χ2v) is 6.27. The molecule has 1 N–H and O–H groups in total. The minimum absolute atomic E-state index is 0.0152. The van der Waals surface area contributed by atoms with Gasteiger partial charge >= 0.3 is 0 Å². The van der Waals surface area contributed by atoms with Crippen LogP contribution < -0.4 is 5.32 Å². The third-order valence-electron chi connectivity index (χ3n) is 4.09. The molecule has 2 amide bonds. The summed E-state index contributed by atoms with van der Waals surface area (Å²) in [5, 5.41) is 2.92. The fraction of sp³-hybridized carbons (Fsp3) is 0.333. The quantitative estimate of drug-likeness (QED) is 0.804. The van der Waals surface area contributed by atoms with Crippen molar-refractivity contribution in [2.75, 3.05) is 13.1 Å². The highest BCUT2D eigenvalue weighted by Gasteiger charge is 2.12. The van der Waals surface area contributed by atoms with Crippen LogP contribution in [0.3, 0.4) is 0 Å². The third kappa shape index (κ3) is 6.79.